The smallest absolute Gasteiger partial charge is 0.387 e. The third-order valence-corrected chi connectivity index (χ3v) is 3.18. The molecule has 83 valence electrons. The molecule has 1 N–H and O–H groups in total. The maximum absolute atomic E-state index is 9.39. The monoisotopic (exact) mass is 225 g/mol. The van der Waals surface area contributed by atoms with Gasteiger partial charge >= 0.3 is 9.53 Å². The van der Waals surface area contributed by atoms with Crippen LogP contribution < -0.4 is 0 Å². The summed E-state index contributed by atoms with van der Waals surface area (Å²) >= 11 is 0. The van der Waals surface area contributed by atoms with Crippen molar-refractivity contribution >= 4 is 9.53 Å². The molecule has 1 atom stereocenters. The van der Waals surface area contributed by atoms with Crippen molar-refractivity contribution in [2.45, 2.75) is 26.9 Å². The van der Waals surface area contributed by atoms with Gasteiger partial charge in [-0.15, -0.1) is 0 Å². The highest BCUT2D eigenvalue weighted by Gasteiger charge is 2.17. The Balaban J connectivity index is 2.53. The Bertz CT molecular complexity index is 286. The number of rotatable bonds is 5. The molecule has 0 saturated heterocycles. The fourth-order valence-electron chi connectivity index (χ4n) is 1.21. The van der Waals surface area contributed by atoms with Crippen molar-refractivity contribution in [3.05, 3.63) is 35.4 Å². The Morgan fingerprint density at radius 1 is 1.33 bits per heavy atom. The van der Waals surface area contributed by atoms with Crippen LogP contribution in [0.3, 0.4) is 0 Å². The molecule has 0 spiro atoms. The highest BCUT2D eigenvalue weighted by molar-refractivity contribution is 6.34. The molecule has 0 aliphatic heterocycles. The van der Waals surface area contributed by atoms with Crippen LogP contribution in [0.5, 0.6) is 0 Å². The molecule has 0 saturated carbocycles. The maximum Gasteiger partial charge on any atom is 0.575 e. The van der Waals surface area contributed by atoms with Crippen LogP contribution in [0.2, 0.25) is 0 Å². The van der Waals surface area contributed by atoms with Crippen LogP contribution in [0.15, 0.2) is 24.3 Å². The Morgan fingerprint density at radius 2 is 1.93 bits per heavy atom. The van der Waals surface area contributed by atoms with Gasteiger partial charge in [0.1, 0.15) is 0 Å². The van der Waals surface area contributed by atoms with Crippen molar-refractivity contribution in [1.82, 2.24) is 0 Å². The second-order valence-electron chi connectivity index (χ2n) is 3.37. The van der Waals surface area contributed by atoms with Crippen molar-refractivity contribution < 1.29 is 13.6 Å². The number of benzene rings is 1. The van der Waals surface area contributed by atoms with Gasteiger partial charge in [0.25, 0.3) is 0 Å². The zero-order valence-corrected chi connectivity index (χ0v) is 10.4. The second kappa shape index (κ2) is 6.02. The fourth-order valence-corrected chi connectivity index (χ4v) is 1.97. The van der Waals surface area contributed by atoms with Gasteiger partial charge in [-0.25, -0.2) is 0 Å². The first-order chi connectivity index (χ1) is 7.13. The van der Waals surface area contributed by atoms with Gasteiger partial charge in [-0.3, -0.25) is 0 Å². The van der Waals surface area contributed by atoms with E-state index in [-0.39, 0.29) is 6.10 Å². The maximum atomic E-state index is 9.39. The topological polar surface area (TPSA) is 38.7 Å². The van der Waals surface area contributed by atoms with Crippen molar-refractivity contribution in [3.63, 3.8) is 0 Å². The average Bonchev–Trinajstić information content (AvgIpc) is 2.18. The summed E-state index contributed by atoms with van der Waals surface area (Å²) in [5, 5.41) is 0. The first-order valence-electron chi connectivity index (χ1n) is 5.05. The van der Waals surface area contributed by atoms with Gasteiger partial charge in [-0.2, -0.15) is 0 Å². The predicted octanol–water partition coefficient (Wildman–Crippen LogP) is 2.09. The van der Waals surface area contributed by atoms with Crippen molar-refractivity contribution in [3.8, 4) is 0 Å². The lowest BCUT2D eigenvalue weighted by molar-refractivity contribution is 0.0985. The lowest BCUT2D eigenvalue weighted by Crippen LogP contribution is -2.24. The summed E-state index contributed by atoms with van der Waals surface area (Å²) in [5.74, 6) is 0. The molecular weight excluding hydrogens is 208 g/mol. The van der Waals surface area contributed by atoms with Gasteiger partial charge in [-0.1, -0.05) is 29.8 Å². The van der Waals surface area contributed by atoms with Gasteiger partial charge < -0.3 is 13.6 Å². The minimum atomic E-state index is -2.10. The van der Waals surface area contributed by atoms with Crippen LogP contribution >= 0.6 is 0 Å². The molecule has 0 aliphatic rings. The van der Waals surface area contributed by atoms with E-state index >= 15 is 0 Å². The SMILES string of the molecule is CCO[Si](O)OC(C)c1ccc(C)cc1. The van der Waals surface area contributed by atoms with Gasteiger partial charge in [0.2, 0.25) is 0 Å². The molecule has 1 rings (SSSR count). The van der Waals surface area contributed by atoms with Crippen LogP contribution in [-0.4, -0.2) is 20.9 Å². The zero-order chi connectivity index (χ0) is 11.3. The van der Waals surface area contributed by atoms with E-state index in [0.717, 1.165) is 5.56 Å². The van der Waals surface area contributed by atoms with Crippen molar-refractivity contribution in [2.75, 3.05) is 6.61 Å². The third-order valence-electron chi connectivity index (χ3n) is 2.09. The number of aryl methyl sites for hydroxylation is 1. The molecular formula is C11H17O3Si. The first-order valence-corrected chi connectivity index (χ1v) is 6.31. The summed E-state index contributed by atoms with van der Waals surface area (Å²) in [7, 11) is -2.10. The van der Waals surface area contributed by atoms with Crippen molar-refractivity contribution in [1.29, 1.82) is 0 Å². The van der Waals surface area contributed by atoms with Gasteiger partial charge in [0, 0.05) is 6.61 Å². The summed E-state index contributed by atoms with van der Waals surface area (Å²) in [6.07, 6.45) is -0.129. The molecule has 4 heteroatoms. The van der Waals surface area contributed by atoms with Gasteiger partial charge in [0.15, 0.2) is 0 Å². The van der Waals surface area contributed by atoms with Gasteiger partial charge in [-0.05, 0) is 26.3 Å². The standard InChI is InChI=1S/C11H17O3Si/c1-4-13-15(12)14-10(3)11-7-5-9(2)6-8-11/h5-8,10,12H,4H2,1-3H3. The molecule has 1 unspecified atom stereocenters. The molecule has 1 aromatic carbocycles. The minimum absolute atomic E-state index is 0.129. The number of hydrogen-bond donors (Lipinski definition) is 1. The highest BCUT2D eigenvalue weighted by Crippen LogP contribution is 2.17. The van der Waals surface area contributed by atoms with E-state index in [1.807, 2.05) is 45.0 Å². The lowest BCUT2D eigenvalue weighted by Gasteiger charge is -2.15. The summed E-state index contributed by atoms with van der Waals surface area (Å²) in [6.45, 7) is 6.26. The third kappa shape index (κ3) is 4.13. The van der Waals surface area contributed by atoms with E-state index in [0.29, 0.717) is 6.61 Å². The molecule has 1 radical (unpaired) electrons. The normalized spacial score (nSPS) is 13.1. The van der Waals surface area contributed by atoms with Crippen LogP contribution in [0.1, 0.15) is 31.1 Å². The summed E-state index contributed by atoms with van der Waals surface area (Å²) < 4.78 is 10.3. The molecule has 3 nitrogen and oxygen atoms in total. The lowest BCUT2D eigenvalue weighted by atomic mass is 10.1. The van der Waals surface area contributed by atoms with E-state index in [1.54, 1.807) is 0 Å². The van der Waals surface area contributed by atoms with Crippen molar-refractivity contribution in [2.24, 2.45) is 0 Å². The van der Waals surface area contributed by atoms with E-state index in [4.69, 9.17) is 8.85 Å². The van der Waals surface area contributed by atoms with Crippen LogP contribution in [0, 0.1) is 6.92 Å². The summed E-state index contributed by atoms with van der Waals surface area (Å²) in [4.78, 5) is 9.39. The largest absolute Gasteiger partial charge is 0.575 e. The Hall–Kier alpha value is -0.683. The van der Waals surface area contributed by atoms with Gasteiger partial charge in [0.05, 0.1) is 6.10 Å². The predicted molar refractivity (Wildman–Crippen MR) is 60.3 cm³/mol. The van der Waals surface area contributed by atoms with E-state index in [2.05, 4.69) is 0 Å². The molecule has 0 bridgehead atoms. The quantitative estimate of drug-likeness (QED) is 0.780. The van der Waals surface area contributed by atoms with Crippen LogP contribution in [0.4, 0.5) is 0 Å². The zero-order valence-electron chi connectivity index (χ0n) is 9.36. The second-order valence-corrected chi connectivity index (χ2v) is 4.43. The van der Waals surface area contributed by atoms with E-state index in [1.165, 1.54) is 5.56 Å². The Kier molecular flexibility index (Phi) is 4.97. The molecule has 0 amide bonds. The molecule has 15 heavy (non-hydrogen) atoms. The van der Waals surface area contributed by atoms with Crippen LogP contribution in [-0.2, 0) is 8.85 Å². The molecule has 0 aliphatic carbocycles. The van der Waals surface area contributed by atoms with E-state index in [9.17, 15) is 4.80 Å². The average molecular weight is 225 g/mol. The molecule has 1 aromatic rings. The van der Waals surface area contributed by atoms with Crippen LogP contribution in [0.25, 0.3) is 0 Å². The highest BCUT2D eigenvalue weighted by atomic mass is 28.3. The first kappa shape index (κ1) is 12.4. The molecule has 0 aromatic heterocycles. The summed E-state index contributed by atoms with van der Waals surface area (Å²) in [5.41, 5.74) is 2.27. The minimum Gasteiger partial charge on any atom is -0.387 e. The Labute approximate surface area is 92.6 Å². The fraction of sp³-hybridized carbons (Fsp3) is 0.455. The Morgan fingerprint density at radius 3 is 2.47 bits per heavy atom. The molecule has 0 fully saturated rings. The number of hydrogen-bond acceptors (Lipinski definition) is 3. The van der Waals surface area contributed by atoms with E-state index < -0.39 is 9.53 Å². The summed E-state index contributed by atoms with van der Waals surface area (Å²) in [6, 6.07) is 8.06. The molecule has 0 heterocycles.